The maximum absolute atomic E-state index is 15.4. The van der Waals surface area contributed by atoms with Crippen molar-refractivity contribution in [1.29, 1.82) is 26.3 Å². The molecule has 0 heterocycles. The Balaban J connectivity index is 2.06. The first-order chi connectivity index (χ1) is 23.1. The van der Waals surface area contributed by atoms with Crippen LogP contribution in [-0.2, 0) is 0 Å². The van der Waals surface area contributed by atoms with Gasteiger partial charge in [0.2, 0.25) is 11.4 Å². The minimum Gasteiger partial charge on any atom is -0.237 e. The van der Waals surface area contributed by atoms with Gasteiger partial charge < -0.3 is 0 Å². The Labute approximate surface area is 268 Å². The lowest BCUT2D eigenvalue weighted by atomic mass is 9.87. The van der Waals surface area contributed by atoms with Crippen molar-refractivity contribution < 1.29 is 17.6 Å². The summed E-state index contributed by atoms with van der Waals surface area (Å²) in [6, 6.07) is 11.9. The molecule has 0 spiro atoms. The summed E-state index contributed by atoms with van der Waals surface area (Å²) in [5.74, 6) is -5.05. The second-order valence-electron chi connectivity index (χ2n) is 9.62. The molecule has 48 heavy (non-hydrogen) atoms. The van der Waals surface area contributed by atoms with Gasteiger partial charge in [-0.3, -0.25) is 0 Å². The molecule has 3 aromatic rings. The Morgan fingerprint density at radius 1 is 0.562 bits per heavy atom. The zero-order chi connectivity index (χ0) is 35.0. The molecule has 0 unspecified atom stereocenters. The third kappa shape index (κ3) is 4.23. The maximum Gasteiger partial charge on any atom is 0.270 e. The fraction of sp³-hybridized carbons (Fsp3) is 0. The molecule has 0 bridgehead atoms. The molecule has 0 saturated carbocycles. The number of benzene rings is 3. The fourth-order valence-electron chi connectivity index (χ4n) is 5.61. The zero-order valence-electron chi connectivity index (χ0n) is 23.4. The van der Waals surface area contributed by atoms with Gasteiger partial charge >= 0.3 is 0 Å². The summed E-state index contributed by atoms with van der Waals surface area (Å²) in [5, 5.41) is 50.2. The highest BCUT2D eigenvalue weighted by Crippen LogP contribution is 2.57. The van der Waals surface area contributed by atoms with Gasteiger partial charge in [0.1, 0.15) is 35.4 Å². The van der Waals surface area contributed by atoms with E-state index in [1.165, 1.54) is 6.07 Å². The van der Waals surface area contributed by atoms with Crippen molar-refractivity contribution in [1.82, 2.24) is 0 Å². The van der Waals surface area contributed by atoms with E-state index in [9.17, 15) is 35.1 Å². The van der Waals surface area contributed by atoms with Crippen LogP contribution in [0.15, 0.2) is 41.7 Å². The molecule has 0 aromatic heterocycles. The highest BCUT2D eigenvalue weighted by atomic mass is 19.1. The predicted molar refractivity (Wildman–Crippen MR) is 159 cm³/mol. The Hall–Kier alpha value is -8.25. The number of fused-ring (bicyclic) bond motifs is 2. The predicted octanol–water partition coefficient (Wildman–Crippen LogP) is 8.09. The average Bonchev–Trinajstić information content (AvgIpc) is 3.57. The number of halogens is 4. The van der Waals surface area contributed by atoms with Crippen LogP contribution in [0.4, 0.5) is 23.2 Å². The SMILES string of the molecule is [C-]#[N+]C1=C(c2cc([N+]#[C-])c(F)cc2F)/C(=C(/C#N)[N+]#[C-])c2cc3c(c(C#N)c21)/C(=C(/C#N)[N+]#[C-])C(c1cc(C#N)c(F)cc1F)=C3C#N. The third-order valence-electron chi connectivity index (χ3n) is 7.46. The Morgan fingerprint density at radius 2 is 1.17 bits per heavy atom. The van der Waals surface area contributed by atoms with E-state index in [0.29, 0.717) is 12.1 Å². The molecule has 0 radical (unpaired) electrons. The number of nitrogens with zero attached hydrogens (tertiary/aromatic N) is 9. The molecule has 0 aliphatic heterocycles. The normalized spacial score (nSPS) is 14.4. The van der Waals surface area contributed by atoms with Gasteiger partial charge in [-0.15, -0.1) is 0 Å². The summed E-state index contributed by atoms with van der Waals surface area (Å²) in [4.78, 5) is 12.8. The molecule has 2 aliphatic carbocycles. The van der Waals surface area contributed by atoms with Crippen molar-refractivity contribution in [3.63, 3.8) is 0 Å². The van der Waals surface area contributed by atoms with E-state index in [4.69, 9.17) is 26.3 Å². The number of allylic oxidation sites excluding steroid dienone is 7. The molecule has 5 rings (SSSR count). The van der Waals surface area contributed by atoms with E-state index in [-0.39, 0.29) is 22.3 Å². The van der Waals surface area contributed by atoms with E-state index >= 15 is 8.78 Å². The van der Waals surface area contributed by atoms with Crippen molar-refractivity contribution in [2.45, 2.75) is 0 Å². The van der Waals surface area contributed by atoms with Crippen LogP contribution < -0.4 is 0 Å². The van der Waals surface area contributed by atoms with Crippen LogP contribution in [0.1, 0.15) is 44.5 Å². The van der Waals surface area contributed by atoms with Crippen LogP contribution in [0.2, 0.25) is 0 Å². The monoisotopic (exact) mass is 627 g/mol. The molecule has 0 N–H and O–H groups in total. The van der Waals surface area contributed by atoms with Crippen LogP contribution in [0.3, 0.4) is 0 Å². The van der Waals surface area contributed by atoms with Crippen LogP contribution >= 0.6 is 0 Å². The highest BCUT2D eigenvalue weighted by Gasteiger charge is 2.41. The van der Waals surface area contributed by atoms with E-state index in [1.54, 1.807) is 12.1 Å². The second-order valence-corrected chi connectivity index (χ2v) is 9.62. The third-order valence-corrected chi connectivity index (χ3v) is 7.46. The molecule has 0 amide bonds. The summed E-state index contributed by atoms with van der Waals surface area (Å²) >= 11 is 0. The van der Waals surface area contributed by atoms with Gasteiger partial charge in [-0.05, 0) is 52.1 Å². The van der Waals surface area contributed by atoms with Crippen molar-refractivity contribution in [3.8, 4) is 30.3 Å². The molecular formula is C35H5F4N9. The van der Waals surface area contributed by atoms with Gasteiger partial charge in [0.15, 0.2) is 0 Å². The standard InChI is InChI=1S/C35H5F4N9/c1-45-26-7-18(24(38)9-25(26)39)33-32(27(13-43)46-2)19-6-16-20(11-41)30(17-5-15(10-40)22(36)8-23(17)37)34(28(14-44)47-3)29(16)21(12-42)31(19)35(33)48-4/h5-9H/b32-27-,34-28+. The van der Waals surface area contributed by atoms with Gasteiger partial charge in [-0.25, -0.2) is 47.5 Å². The van der Waals surface area contributed by atoms with Crippen molar-refractivity contribution in [2.75, 3.05) is 0 Å². The minimum absolute atomic E-state index is 0.223. The highest BCUT2D eigenvalue weighted by molar-refractivity contribution is 6.30. The fourth-order valence-corrected chi connectivity index (χ4v) is 5.61. The molecule has 2 aliphatic rings. The molecule has 0 fully saturated rings. The Morgan fingerprint density at radius 3 is 1.69 bits per heavy atom. The quantitative estimate of drug-likeness (QED) is 0.161. The number of hydrogen-bond donors (Lipinski definition) is 0. The molecule has 13 heteroatoms. The van der Waals surface area contributed by atoms with Gasteiger partial charge in [0.05, 0.1) is 61.2 Å². The Kier molecular flexibility index (Phi) is 7.59. The van der Waals surface area contributed by atoms with Gasteiger partial charge in [-0.2, -0.15) is 15.8 Å². The number of rotatable bonds is 2. The molecule has 0 atom stereocenters. The van der Waals surface area contributed by atoms with Crippen LogP contribution in [0.25, 0.3) is 52.9 Å². The smallest absolute Gasteiger partial charge is 0.237 e. The first-order valence-electron chi connectivity index (χ1n) is 12.8. The van der Waals surface area contributed by atoms with Crippen LogP contribution in [0, 0.1) is 106 Å². The number of nitriles is 5. The largest absolute Gasteiger partial charge is 0.270 e. The average molecular weight is 627 g/mol. The van der Waals surface area contributed by atoms with Crippen molar-refractivity contribution in [2.24, 2.45) is 0 Å². The summed E-state index contributed by atoms with van der Waals surface area (Å²) in [5.41, 5.74) is -8.32. The first-order valence-corrected chi connectivity index (χ1v) is 12.8. The van der Waals surface area contributed by atoms with Gasteiger partial charge in [0.25, 0.3) is 11.4 Å². The molecule has 3 aromatic carbocycles. The van der Waals surface area contributed by atoms with Crippen molar-refractivity contribution in [3.05, 3.63) is 155 Å². The van der Waals surface area contributed by atoms with E-state index in [1.807, 2.05) is 12.1 Å². The van der Waals surface area contributed by atoms with Crippen LogP contribution in [-0.4, -0.2) is 0 Å². The summed E-state index contributed by atoms with van der Waals surface area (Å²) < 4.78 is 59.5. The lowest BCUT2D eigenvalue weighted by molar-refractivity contribution is 0.579. The molecule has 0 saturated heterocycles. The lowest BCUT2D eigenvalue weighted by Crippen LogP contribution is -2.01. The zero-order valence-corrected chi connectivity index (χ0v) is 23.4. The maximum atomic E-state index is 15.4. The van der Waals surface area contributed by atoms with E-state index < -0.39 is 96.2 Å². The first kappa shape index (κ1) is 31.2. The summed E-state index contributed by atoms with van der Waals surface area (Å²) in [7, 11) is 0. The lowest BCUT2D eigenvalue weighted by Gasteiger charge is -2.14. The second kappa shape index (κ2) is 11.7. The van der Waals surface area contributed by atoms with E-state index in [0.717, 1.165) is 18.2 Å². The van der Waals surface area contributed by atoms with Gasteiger partial charge in [0, 0.05) is 33.9 Å². The molecule has 9 nitrogen and oxygen atoms in total. The topological polar surface area (TPSA) is 136 Å². The van der Waals surface area contributed by atoms with Crippen LogP contribution in [0.5, 0.6) is 0 Å². The summed E-state index contributed by atoms with van der Waals surface area (Å²) in [6.07, 6.45) is 0. The van der Waals surface area contributed by atoms with E-state index in [2.05, 4.69) is 19.4 Å². The number of hydrogen-bond acceptors (Lipinski definition) is 5. The Bertz CT molecular complexity index is 2610. The van der Waals surface area contributed by atoms with Crippen molar-refractivity contribution >= 4 is 39.2 Å². The van der Waals surface area contributed by atoms with Gasteiger partial charge in [-0.1, -0.05) is 0 Å². The molecular weight excluding hydrogens is 622 g/mol. The minimum atomic E-state index is -1.29. The molecule has 218 valence electrons. The summed E-state index contributed by atoms with van der Waals surface area (Å²) in [6.45, 7) is 30.6.